The van der Waals surface area contributed by atoms with Gasteiger partial charge in [0.1, 0.15) is 6.54 Å². The molecule has 0 unspecified atom stereocenters. The third-order valence-corrected chi connectivity index (χ3v) is 5.80. The first-order chi connectivity index (χ1) is 16.6. The van der Waals surface area contributed by atoms with E-state index in [4.69, 9.17) is 27.9 Å². The van der Waals surface area contributed by atoms with Crippen molar-refractivity contribution in [3.8, 4) is 0 Å². The molecule has 0 spiro atoms. The summed E-state index contributed by atoms with van der Waals surface area (Å²) in [5.41, 5.74) is -1.99. The quantitative estimate of drug-likeness (QED) is 0.435. The van der Waals surface area contributed by atoms with Gasteiger partial charge in [0.15, 0.2) is 0 Å². The minimum absolute atomic E-state index is 0.0106. The summed E-state index contributed by atoms with van der Waals surface area (Å²) in [4.78, 5) is 23.8. The van der Waals surface area contributed by atoms with E-state index >= 15 is 0 Å². The molecule has 2 amide bonds. The first-order valence-electron chi connectivity index (χ1n) is 10.2. The number of aryl methyl sites for hydroxylation is 1. The van der Waals surface area contributed by atoms with E-state index in [9.17, 15) is 35.9 Å². The van der Waals surface area contributed by atoms with Gasteiger partial charge >= 0.3 is 12.4 Å². The maximum Gasteiger partial charge on any atom is 0.432 e. The topological polar surface area (TPSA) is 67.4 Å². The molecule has 0 aromatic heterocycles. The van der Waals surface area contributed by atoms with Gasteiger partial charge < -0.3 is 15.4 Å². The lowest BCUT2D eigenvalue weighted by Gasteiger charge is -2.32. The Hall–Kier alpha value is -2.92. The number of hydrogen-bond acceptors (Lipinski definition) is 3. The van der Waals surface area contributed by atoms with Crippen LogP contribution in [0, 0.1) is 6.92 Å². The Labute approximate surface area is 211 Å². The van der Waals surface area contributed by atoms with Crippen LogP contribution in [0.25, 0.3) is 5.57 Å². The van der Waals surface area contributed by atoms with Crippen LogP contribution < -0.4 is 10.6 Å². The SMILES string of the molecule is Cc1cc(C2=CO[C@@](c3cc(Cl)cc(Cl)c3)(C(F)(F)F)C2)ccc1C(=O)NCC(=O)NCC(F)(F)F. The van der Waals surface area contributed by atoms with Crippen LogP contribution in [-0.2, 0) is 15.1 Å². The molecule has 1 atom stereocenters. The number of ether oxygens (including phenoxy) is 1. The van der Waals surface area contributed by atoms with Gasteiger partial charge in [0, 0.05) is 27.6 Å². The highest BCUT2D eigenvalue weighted by Crippen LogP contribution is 2.52. The van der Waals surface area contributed by atoms with Gasteiger partial charge in [-0.1, -0.05) is 35.3 Å². The second-order valence-electron chi connectivity index (χ2n) is 8.02. The number of rotatable bonds is 6. The molecule has 194 valence electrons. The second kappa shape index (κ2) is 10.2. The van der Waals surface area contributed by atoms with E-state index in [1.807, 2.05) is 0 Å². The van der Waals surface area contributed by atoms with Crippen molar-refractivity contribution in [1.82, 2.24) is 10.6 Å². The summed E-state index contributed by atoms with van der Waals surface area (Å²) < 4.78 is 84.2. The van der Waals surface area contributed by atoms with Gasteiger partial charge in [-0.3, -0.25) is 9.59 Å². The van der Waals surface area contributed by atoms with Crippen LogP contribution >= 0.6 is 23.2 Å². The van der Waals surface area contributed by atoms with Gasteiger partial charge in [0.25, 0.3) is 5.91 Å². The van der Waals surface area contributed by atoms with Gasteiger partial charge in [-0.25, -0.2) is 0 Å². The standard InChI is InChI=1S/C23H18Cl2F6N2O3/c1-12-4-13(2-3-18(12)20(35)32-9-19(34)33-11-22(26,27)28)14-8-21(36-10-14,23(29,30)31)15-5-16(24)7-17(25)6-15/h2-7,10H,8-9,11H2,1H3,(H,32,35)(H,33,34)/t21-/m0/s1. The Balaban J connectivity index is 1.75. The number of nitrogens with one attached hydrogen (secondary N) is 2. The lowest BCUT2D eigenvalue weighted by Crippen LogP contribution is -2.42. The van der Waals surface area contributed by atoms with Crippen molar-refractivity contribution in [1.29, 1.82) is 0 Å². The van der Waals surface area contributed by atoms with E-state index in [0.29, 0.717) is 11.1 Å². The van der Waals surface area contributed by atoms with E-state index < -0.39 is 49.3 Å². The van der Waals surface area contributed by atoms with E-state index in [0.717, 1.165) is 18.4 Å². The fourth-order valence-electron chi connectivity index (χ4n) is 3.62. The first-order valence-corrected chi connectivity index (χ1v) is 11.0. The highest BCUT2D eigenvalue weighted by Gasteiger charge is 2.60. The molecule has 0 saturated carbocycles. The molecule has 2 aromatic carbocycles. The largest absolute Gasteiger partial charge is 0.480 e. The number of alkyl halides is 6. The van der Waals surface area contributed by atoms with Crippen molar-refractivity contribution in [2.45, 2.75) is 31.3 Å². The van der Waals surface area contributed by atoms with Gasteiger partial charge in [-0.15, -0.1) is 0 Å². The number of carbonyl (C=O) groups excluding carboxylic acids is 2. The van der Waals surface area contributed by atoms with Crippen LogP contribution in [0.4, 0.5) is 26.3 Å². The zero-order valence-electron chi connectivity index (χ0n) is 18.4. The molecular weight excluding hydrogens is 537 g/mol. The van der Waals surface area contributed by atoms with E-state index in [1.54, 1.807) is 5.32 Å². The normalized spacial score (nSPS) is 17.9. The number of carbonyl (C=O) groups is 2. The second-order valence-corrected chi connectivity index (χ2v) is 8.90. The van der Waals surface area contributed by atoms with Crippen molar-refractivity contribution in [2.75, 3.05) is 13.1 Å². The Morgan fingerprint density at radius 3 is 2.19 bits per heavy atom. The molecule has 1 heterocycles. The Morgan fingerprint density at radius 1 is 1.00 bits per heavy atom. The molecule has 0 saturated heterocycles. The van der Waals surface area contributed by atoms with Crippen molar-refractivity contribution in [3.63, 3.8) is 0 Å². The van der Waals surface area contributed by atoms with Gasteiger partial charge in [-0.2, -0.15) is 26.3 Å². The molecule has 2 N–H and O–H groups in total. The lowest BCUT2D eigenvalue weighted by molar-refractivity contribution is -0.260. The molecule has 0 radical (unpaired) electrons. The van der Waals surface area contributed by atoms with Crippen molar-refractivity contribution < 1.29 is 40.7 Å². The third kappa shape index (κ3) is 6.25. The van der Waals surface area contributed by atoms with Crippen LogP contribution in [0.3, 0.4) is 0 Å². The summed E-state index contributed by atoms with van der Waals surface area (Å²) in [5, 5.41) is 3.84. The number of halogens is 8. The molecule has 2 aromatic rings. The Bertz CT molecular complexity index is 1190. The van der Waals surface area contributed by atoms with Crippen LogP contribution in [0.1, 0.15) is 33.5 Å². The molecule has 13 heteroatoms. The van der Waals surface area contributed by atoms with E-state index in [2.05, 4.69) is 5.32 Å². The average Bonchev–Trinajstić information content (AvgIpc) is 3.22. The average molecular weight is 555 g/mol. The number of hydrogen-bond donors (Lipinski definition) is 2. The molecule has 0 bridgehead atoms. The van der Waals surface area contributed by atoms with Crippen molar-refractivity contribution >= 4 is 40.6 Å². The summed E-state index contributed by atoms with van der Waals surface area (Å²) in [6, 6.07) is 7.75. The maximum atomic E-state index is 14.2. The Kier molecular flexibility index (Phi) is 7.85. The fraction of sp³-hybridized carbons (Fsp3) is 0.304. The molecule has 1 aliphatic rings. The minimum Gasteiger partial charge on any atom is -0.480 e. The van der Waals surface area contributed by atoms with Crippen LogP contribution in [0.2, 0.25) is 10.0 Å². The van der Waals surface area contributed by atoms with Gasteiger partial charge in [-0.05, 0) is 47.9 Å². The summed E-state index contributed by atoms with van der Waals surface area (Å²) in [5.74, 6) is -1.77. The summed E-state index contributed by atoms with van der Waals surface area (Å²) >= 11 is 11.8. The molecule has 1 aliphatic heterocycles. The predicted molar refractivity (Wildman–Crippen MR) is 120 cm³/mol. The summed E-state index contributed by atoms with van der Waals surface area (Å²) in [7, 11) is 0. The van der Waals surface area contributed by atoms with Crippen molar-refractivity contribution in [3.05, 3.63) is 75.0 Å². The molecule has 0 fully saturated rings. The summed E-state index contributed by atoms with van der Waals surface area (Å²) in [6.07, 6.45) is -9.01. The number of amides is 2. The Morgan fingerprint density at radius 2 is 1.64 bits per heavy atom. The van der Waals surface area contributed by atoms with Gasteiger partial charge in [0.05, 0.1) is 12.8 Å². The summed E-state index contributed by atoms with van der Waals surface area (Å²) in [6.45, 7) is -0.703. The van der Waals surface area contributed by atoms with Crippen LogP contribution in [0.5, 0.6) is 0 Å². The van der Waals surface area contributed by atoms with Crippen LogP contribution in [-0.4, -0.2) is 37.3 Å². The zero-order valence-corrected chi connectivity index (χ0v) is 19.9. The third-order valence-electron chi connectivity index (χ3n) is 5.37. The van der Waals surface area contributed by atoms with Crippen LogP contribution in [0.15, 0.2) is 42.7 Å². The lowest BCUT2D eigenvalue weighted by atomic mass is 9.85. The molecule has 36 heavy (non-hydrogen) atoms. The smallest absolute Gasteiger partial charge is 0.432 e. The zero-order chi connectivity index (χ0) is 26.9. The number of benzene rings is 2. The molecule has 0 aliphatic carbocycles. The van der Waals surface area contributed by atoms with E-state index in [-0.39, 0.29) is 26.7 Å². The van der Waals surface area contributed by atoms with Crippen molar-refractivity contribution in [2.24, 2.45) is 0 Å². The molecule has 5 nitrogen and oxygen atoms in total. The highest BCUT2D eigenvalue weighted by molar-refractivity contribution is 6.34. The maximum absolute atomic E-state index is 14.2. The minimum atomic E-state index is -4.82. The molecular formula is C23H18Cl2F6N2O3. The van der Waals surface area contributed by atoms with E-state index in [1.165, 1.54) is 31.2 Å². The van der Waals surface area contributed by atoms with Gasteiger partial charge in [0.2, 0.25) is 11.5 Å². The molecule has 3 rings (SSSR count). The highest BCUT2D eigenvalue weighted by atomic mass is 35.5. The monoisotopic (exact) mass is 554 g/mol. The predicted octanol–water partition coefficient (Wildman–Crippen LogP) is 5.93. The first kappa shape index (κ1) is 27.7. The fourth-order valence-corrected chi connectivity index (χ4v) is 4.14.